The molecule has 7 heteroatoms. The predicted octanol–water partition coefficient (Wildman–Crippen LogP) is 1.12. The van der Waals surface area contributed by atoms with Crippen LogP contribution in [0.25, 0.3) is 11.3 Å². The Morgan fingerprint density at radius 2 is 2.11 bits per heavy atom. The predicted molar refractivity (Wildman–Crippen MR) is 78.6 cm³/mol. The molecular formula is C12H11IN4O2. The molecule has 0 aliphatic heterocycles. The first-order valence-electron chi connectivity index (χ1n) is 5.87. The fourth-order valence-corrected chi connectivity index (χ4v) is 3.00. The summed E-state index contributed by atoms with van der Waals surface area (Å²) in [5.41, 5.74) is 1.88. The molecule has 98 valence electrons. The van der Waals surface area contributed by atoms with Crippen LogP contribution in [-0.4, -0.2) is 24.1 Å². The zero-order chi connectivity index (χ0) is 13.6. The molecule has 0 saturated heterocycles. The van der Waals surface area contributed by atoms with E-state index >= 15 is 0 Å². The van der Waals surface area contributed by atoms with E-state index in [4.69, 9.17) is 0 Å². The normalized spacial score (nSPS) is 21.4. The van der Waals surface area contributed by atoms with Crippen molar-refractivity contribution in [3.05, 3.63) is 44.4 Å². The topological polar surface area (TPSA) is 91.5 Å². The van der Waals surface area contributed by atoms with Crippen LogP contribution in [0.1, 0.15) is 23.6 Å². The number of H-pyrrole nitrogens is 2. The van der Waals surface area contributed by atoms with Crippen molar-refractivity contribution in [2.45, 2.75) is 23.2 Å². The molecule has 19 heavy (non-hydrogen) atoms. The van der Waals surface area contributed by atoms with E-state index in [0.717, 1.165) is 17.7 Å². The van der Waals surface area contributed by atoms with Crippen molar-refractivity contribution in [3.63, 3.8) is 0 Å². The first-order chi connectivity index (χ1) is 9.06. The SMILES string of the molecule is Cc1nnc(-c2c[nH]c(=O)[nH]c2=O)cc1[C@H]1C[C@@H]1I. The van der Waals surface area contributed by atoms with Gasteiger partial charge in [-0.2, -0.15) is 5.10 Å². The Morgan fingerprint density at radius 1 is 1.37 bits per heavy atom. The molecular weight excluding hydrogens is 359 g/mol. The van der Waals surface area contributed by atoms with Crippen LogP contribution >= 0.6 is 22.6 Å². The molecule has 2 aromatic heterocycles. The second kappa shape index (κ2) is 4.55. The van der Waals surface area contributed by atoms with Crippen molar-refractivity contribution in [1.29, 1.82) is 0 Å². The lowest BCUT2D eigenvalue weighted by molar-refractivity contribution is 0.928. The fraction of sp³-hybridized carbons (Fsp3) is 0.333. The summed E-state index contributed by atoms with van der Waals surface area (Å²) in [6.45, 7) is 1.92. The van der Waals surface area contributed by atoms with Crippen LogP contribution in [0.4, 0.5) is 0 Å². The van der Waals surface area contributed by atoms with Gasteiger partial charge in [-0.1, -0.05) is 22.6 Å². The average molecular weight is 370 g/mol. The molecule has 6 nitrogen and oxygen atoms in total. The van der Waals surface area contributed by atoms with Crippen molar-refractivity contribution < 1.29 is 0 Å². The van der Waals surface area contributed by atoms with Crippen molar-refractivity contribution >= 4 is 22.6 Å². The fourth-order valence-electron chi connectivity index (χ4n) is 2.06. The van der Waals surface area contributed by atoms with Gasteiger partial charge in [0.05, 0.1) is 11.3 Å². The van der Waals surface area contributed by atoms with Gasteiger partial charge in [-0.25, -0.2) is 4.79 Å². The number of nitrogens with one attached hydrogen (secondary N) is 2. The second-order valence-electron chi connectivity index (χ2n) is 4.61. The zero-order valence-electron chi connectivity index (χ0n) is 10.1. The Balaban J connectivity index is 2.11. The molecule has 1 fully saturated rings. The zero-order valence-corrected chi connectivity index (χ0v) is 12.3. The van der Waals surface area contributed by atoms with Crippen LogP contribution in [0.5, 0.6) is 0 Å². The van der Waals surface area contributed by atoms with E-state index in [-0.39, 0.29) is 0 Å². The smallest absolute Gasteiger partial charge is 0.313 e. The molecule has 0 amide bonds. The molecule has 1 saturated carbocycles. The molecule has 0 unspecified atom stereocenters. The molecule has 0 radical (unpaired) electrons. The first-order valence-corrected chi connectivity index (χ1v) is 7.11. The Kier molecular flexibility index (Phi) is 3.00. The number of rotatable bonds is 2. The van der Waals surface area contributed by atoms with Crippen LogP contribution in [0, 0.1) is 6.92 Å². The molecule has 2 N–H and O–H groups in total. The van der Waals surface area contributed by atoms with E-state index in [2.05, 4.69) is 42.8 Å². The standard InChI is InChI=1S/C12H11IN4O2/c1-5-6(7-2-9(7)13)3-10(17-16-5)8-4-14-12(19)15-11(8)18/h3-4,7,9H,2H2,1H3,(H2,14,15,18,19)/t7-,9+/m1/s1. The van der Waals surface area contributed by atoms with Gasteiger partial charge in [0.2, 0.25) is 0 Å². The van der Waals surface area contributed by atoms with Crippen molar-refractivity contribution in [2.24, 2.45) is 0 Å². The summed E-state index contributed by atoms with van der Waals surface area (Å²) in [7, 11) is 0. The van der Waals surface area contributed by atoms with E-state index in [9.17, 15) is 9.59 Å². The lowest BCUT2D eigenvalue weighted by Crippen LogP contribution is -2.23. The minimum absolute atomic E-state index is 0.332. The van der Waals surface area contributed by atoms with Gasteiger partial charge in [0.15, 0.2) is 0 Å². The third-order valence-corrected chi connectivity index (χ3v) is 4.60. The van der Waals surface area contributed by atoms with Crippen LogP contribution in [-0.2, 0) is 0 Å². The van der Waals surface area contributed by atoms with Gasteiger partial charge >= 0.3 is 5.69 Å². The number of nitrogens with zero attached hydrogens (tertiary/aromatic N) is 2. The molecule has 1 aliphatic rings. The van der Waals surface area contributed by atoms with E-state index in [0.29, 0.717) is 21.1 Å². The van der Waals surface area contributed by atoms with Crippen molar-refractivity contribution in [1.82, 2.24) is 20.2 Å². The van der Waals surface area contributed by atoms with Gasteiger partial charge in [0, 0.05) is 10.1 Å². The molecule has 0 bridgehead atoms. The number of halogens is 1. The minimum atomic E-state index is -0.524. The summed E-state index contributed by atoms with van der Waals surface area (Å²) in [6, 6.07) is 1.90. The molecule has 1 aliphatic carbocycles. The Bertz CT molecular complexity index is 752. The van der Waals surface area contributed by atoms with Crippen molar-refractivity contribution in [3.8, 4) is 11.3 Å². The van der Waals surface area contributed by atoms with Crippen LogP contribution in [0.3, 0.4) is 0 Å². The summed E-state index contributed by atoms with van der Waals surface area (Å²) >= 11 is 2.41. The third kappa shape index (κ3) is 2.34. The summed E-state index contributed by atoms with van der Waals surface area (Å²) in [6.07, 6.45) is 2.51. The monoisotopic (exact) mass is 370 g/mol. The Hall–Kier alpha value is -1.51. The highest BCUT2D eigenvalue weighted by atomic mass is 127. The van der Waals surface area contributed by atoms with E-state index < -0.39 is 11.2 Å². The Labute approximate surface area is 121 Å². The quantitative estimate of drug-likeness (QED) is 0.612. The molecule has 0 aromatic carbocycles. The van der Waals surface area contributed by atoms with Crippen LogP contribution in [0.2, 0.25) is 0 Å². The van der Waals surface area contributed by atoms with Crippen LogP contribution < -0.4 is 11.2 Å². The number of aromatic nitrogens is 4. The molecule has 3 rings (SSSR count). The first kappa shape index (κ1) is 12.5. The number of aromatic amines is 2. The largest absolute Gasteiger partial charge is 0.325 e. The van der Waals surface area contributed by atoms with E-state index in [1.165, 1.54) is 6.20 Å². The second-order valence-corrected chi connectivity index (χ2v) is 6.21. The van der Waals surface area contributed by atoms with Gasteiger partial charge in [0.1, 0.15) is 5.69 Å². The maximum absolute atomic E-state index is 11.7. The number of hydrogen-bond acceptors (Lipinski definition) is 4. The Morgan fingerprint density at radius 3 is 2.74 bits per heavy atom. The number of hydrogen-bond donors (Lipinski definition) is 2. The van der Waals surface area contributed by atoms with Gasteiger partial charge in [-0.05, 0) is 30.9 Å². The lowest BCUT2D eigenvalue weighted by Gasteiger charge is -2.05. The van der Waals surface area contributed by atoms with Gasteiger partial charge < -0.3 is 4.98 Å². The van der Waals surface area contributed by atoms with Crippen LogP contribution in [0.15, 0.2) is 21.9 Å². The summed E-state index contributed by atoms with van der Waals surface area (Å²) in [5.74, 6) is 0.497. The maximum atomic E-state index is 11.7. The van der Waals surface area contributed by atoms with Gasteiger partial charge in [-0.3, -0.25) is 9.78 Å². The molecule has 2 heterocycles. The van der Waals surface area contributed by atoms with Crippen molar-refractivity contribution in [2.75, 3.05) is 0 Å². The highest BCUT2D eigenvalue weighted by Crippen LogP contribution is 2.47. The molecule has 2 atom stereocenters. The van der Waals surface area contributed by atoms with E-state index in [1.54, 1.807) is 0 Å². The number of aryl methyl sites for hydroxylation is 1. The van der Waals surface area contributed by atoms with Gasteiger partial charge in [-0.15, -0.1) is 5.10 Å². The summed E-state index contributed by atoms with van der Waals surface area (Å²) in [4.78, 5) is 27.4. The van der Waals surface area contributed by atoms with E-state index in [1.807, 2.05) is 13.0 Å². The summed E-state index contributed by atoms with van der Waals surface area (Å²) in [5, 5.41) is 8.16. The maximum Gasteiger partial charge on any atom is 0.325 e. The highest BCUT2D eigenvalue weighted by Gasteiger charge is 2.37. The highest BCUT2D eigenvalue weighted by molar-refractivity contribution is 14.1. The van der Waals surface area contributed by atoms with Gasteiger partial charge in [0.25, 0.3) is 5.56 Å². The summed E-state index contributed by atoms with van der Waals surface area (Å²) < 4.78 is 0.627. The minimum Gasteiger partial charge on any atom is -0.313 e. The number of alkyl halides is 1. The average Bonchev–Trinajstić information content (AvgIpc) is 3.07. The molecule has 2 aromatic rings. The third-order valence-electron chi connectivity index (χ3n) is 3.23. The lowest BCUT2D eigenvalue weighted by atomic mass is 10.1. The molecule has 0 spiro atoms.